The molecule has 0 aliphatic carbocycles. The molecule has 2 rings (SSSR count). The van der Waals surface area contributed by atoms with E-state index >= 15 is 0 Å². The van der Waals surface area contributed by atoms with Crippen molar-refractivity contribution >= 4 is 23.3 Å². The van der Waals surface area contributed by atoms with E-state index in [1.54, 1.807) is 0 Å². The SMILES string of the molecule is O=[N+]([O-])c1cc([N+](=O)[O-])n(/N=N/n2nc([N+](=O)[O-])cc2[N+](=O)[O-])n1. The third-order valence-electron chi connectivity index (χ3n) is 2.28. The van der Waals surface area contributed by atoms with Gasteiger partial charge in [0.1, 0.15) is 32.2 Å². The highest BCUT2D eigenvalue weighted by Gasteiger charge is 2.32. The highest BCUT2D eigenvalue weighted by Crippen LogP contribution is 2.21. The molecule has 0 unspecified atom stereocenters. The molecular formula is C6H2N10O8. The molecule has 124 valence electrons. The second-order valence-corrected chi connectivity index (χ2v) is 3.71. The van der Waals surface area contributed by atoms with Crippen LogP contribution in [0.4, 0.5) is 23.3 Å². The third kappa shape index (κ3) is 2.95. The van der Waals surface area contributed by atoms with Gasteiger partial charge in [-0.05, 0) is 19.7 Å². The summed E-state index contributed by atoms with van der Waals surface area (Å²) in [7, 11) is 0. The summed E-state index contributed by atoms with van der Waals surface area (Å²) in [6.45, 7) is 0. The molecule has 18 heteroatoms. The third-order valence-corrected chi connectivity index (χ3v) is 2.28. The van der Waals surface area contributed by atoms with Crippen molar-refractivity contribution in [2.24, 2.45) is 10.4 Å². The fourth-order valence-corrected chi connectivity index (χ4v) is 1.34. The van der Waals surface area contributed by atoms with Crippen molar-refractivity contribution in [3.63, 3.8) is 0 Å². The fourth-order valence-electron chi connectivity index (χ4n) is 1.34. The lowest BCUT2D eigenvalue weighted by molar-refractivity contribution is -0.395. The molecular weight excluding hydrogens is 340 g/mol. The molecule has 0 radical (unpaired) electrons. The Bertz CT molecular complexity index is 821. The van der Waals surface area contributed by atoms with Crippen LogP contribution in [0.15, 0.2) is 22.6 Å². The quantitative estimate of drug-likeness (QED) is 0.397. The monoisotopic (exact) mass is 342 g/mol. The molecule has 0 fully saturated rings. The first-order chi connectivity index (χ1) is 11.2. The zero-order valence-corrected chi connectivity index (χ0v) is 10.9. The van der Waals surface area contributed by atoms with Gasteiger partial charge in [-0.25, -0.2) is 0 Å². The van der Waals surface area contributed by atoms with E-state index in [0.717, 1.165) is 0 Å². The predicted molar refractivity (Wildman–Crippen MR) is 66.7 cm³/mol. The highest BCUT2D eigenvalue weighted by molar-refractivity contribution is 5.32. The molecule has 18 nitrogen and oxygen atoms in total. The van der Waals surface area contributed by atoms with Crippen LogP contribution >= 0.6 is 0 Å². The Morgan fingerprint density at radius 1 is 0.708 bits per heavy atom. The average molecular weight is 342 g/mol. The van der Waals surface area contributed by atoms with E-state index in [4.69, 9.17) is 0 Å². The second kappa shape index (κ2) is 5.78. The maximum Gasteiger partial charge on any atom is 0.423 e. The molecule has 0 aliphatic rings. The molecule has 24 heavy (non-hydrogen) atoms. The first kappa shape index (κ1) is 16.0. The molecule has 0 bridgehead atoms. The van der Waals surface area contributed by atoms with E-state index < -0.39 is 43.0 Å². The standard InChI is InChI=1S/C6H2N10O8/c17-13(18)3-1-5(15(21)22)11(7-3)9-10-12-6(16(23)24)2-4(8-12)14(19)20/h1-2H/b10-9+. The van der Waals surface area contributed by atoms with Gasteiger partial charge >= 0.3 is 23.3 Å². The maximum absolute atomic E-state index is 10.7. The normalized spacial score (nSPS) is 10.8. The van der Waals surface area contributed by atoms with Gasteiger partial charge < -0.3 is 40.5 Å². The summed E-state index contributed by atoms with van der Waals surface area (Å²) >= 11 is 0. The smallest absolute Gasteiger partial charge is 0.358 e. The molecule has 0 saturated heterocycles. The average Bonchev–Trinajstić information content (AvgIpc) is 3.09. The Balaban J connectivity index is 2.48. The summed E-state index contributed by atoms with van der Waals surface area (Å²) < 4.78 is 0. The summed E-state index contributed by atoms with van der Waals surface area (Å²) in [5, 5.41) is 55.0. The van der Waals surface area contributed by atoms with Crippen molar-refractivity contribution in [1.29, 1.82) is 0 Å². The van der Waals surface area contributed by atoms with E-state index in [2.05, 4.69) is 20.6 Å². The number of aromatic nitrogens is 4. The van der Waals surface area contributed by atoms with Crippen LogP contribution in [0.5, 0.6) is 0 Å². The van der Waals surface area contributed by atoms with Gasteiger partial charge in [-0.3, -0.25) is 0 Å². The summed E-state index contributed by atoms with van der Waals surface area (Å²) in [6, 6.07) is 0.942. The van der Waals surface area contributed by atoms with Crippen LogP contribution in [0, 0.1) is 40.5 Å². The Kier molecular flexibility index (Phi) is 3.85. The zero-order valence-electron chi connectivity index (χ0n) is 10.9. The number of nitro groups is 4. The van der Waals surface area contributed by atoms with Crippen molar-refractivity contribution in [2.45, 2.75) is 0 Å². The Labute approximate surface area is 127 Å². The van der Waals surface area contributed by atoms with E-state index in [1.807, 2.05) is 0 Å². The van der Waals surface area contributed by atoms with Gasteiger partial charge in [-0.15, -0.1) is 0 Å². The van der Waals surface area contributed by atoms with Crippen molar-refractivity contribution in [2.75, 3.05) is 0 Å². The molecule has 0 aromatic carbocycles. The molecule has 2 aromatic rings. The number of rotatable bonds is 6. The van der Waals surface area contributed by atoms with Gasteiger partial charge in [0.15, 0.2) is 10.2 Å². The summed E-state index contributed by atoms with van der Waals surface area (Å²) in [5.74, 6) is -3.78. The topological polar surface area (TPSA) is 233 Å². The van der Waals surface area contributed by atoms with Gasteiger partial charge in [-0.1, -0.05) is 0 Å². The highest BCUT2D eigenvalue weighted by atomic mass is 16.6. The lowest BCUT2D eigenvalue weighted by atomic mass is 10.6. The van der Waals surface area contributed by atoms with Crippen LogP contribution in [0.2, 0.25) is 0 Å². The maximum atomic E-state index is 10.7. The Morgan fingerprint density at radius 2 is 1.04 bits per heavy atom. The van der Waals surface area contributed by atoms with Gasteiger partial charge in [0.25, 0.3) is 0 Å². The van der Waals surface area contributed by atoms with Crippen LogP contribution in [-0.2, 0) is 0 Å². The van der Waals surface area contributed by atoms with E-state index in [-0.39, 0.29) is 9.58 Å². The van der Waals surface area contributed by atoms with Crippen molar-refractivity contribution < 1.29 is 19.7 Å². The van der Waals surface area contributed by atoms with Gasteiger partial charge in [0, 0.05) is 0 Å². The lowest BCUT2D eigenvalue weighted by Gasteiger charge is -1.86. The minimum absolute atomic E-state index is 0.107. The molecule has 0 amide bonds. The largest absolute Gasteiger partial charge is 0.423 e. The molecule has 0 atom stereocenters. The van der Waals surface area contributed by atoms with Gasteiger partial charge in [0.2, 0.25) is 0 Å². The van der Waals surface area contributed by atoms with Crippen molar-refractivity contribution in [3.05, 3.63) is 52.6 Å². The number of nitrogens with zero attached hydrogens (tertiary/aromatic N) is 10. The van der Waals surface area contributed by atoms with Crippen molar-refractivity contribution in [1.82, 2.24) is 19.8 Å². The molecule has 0 saturated carbocycles. The summed E-state index contributed by atoms with van der Waals surface area (Å²) in [6.07, 6.45) is 0. The van der Waals surface area contributed by atoms with Crippen LogP contribution in [0.3, 0.4) is 0 Å². The molecule has 0 spiro atoms. The predicted octanol–water partition coefficient (Wildman–Crippen LogP) is 0.391. The second-order valence-electron chi connectivity index (χ2n) is 3.71. The van der Waals surface area contributed by atoms with E-state index in [9.17, 15) is 40.5 Å². The first-order valence-corrected chi connectivity index (χ1v) is 5.40. The van der Waals surface area contributed by atoms with E-state index in [0.29, 0.717) is 12.1 Å². The molecule has 2 heterocycles. The van der Waals surface area contributed by atoms with Crippen LogP contribution in [0.1, 0.15) is 0 Å². The molecule has 0 aliphatic heterocycles. The lowest BCUT2D eigenvalue weighted by Crippen LogP contribution is -2.02. The number of hydrogen-bond donors (Lipinski definition) is 0. The van der Waals surface area contributed by atoms with Gasteiger partial charge in [-0.2, -0.15) is 0 Å². The van der Waals surface area contributed by atoms with Crippen LogP contribution in [0.25, 0.3) is 0 Å². The first-order valence-electron chi connectivity index (χ1n) is 5.40. The number of hydrogen-bond acceptors (Lipinski definition) is 12. The van der Waals surface area contributed by atoms with Crippen LogP contribution < -0.4 is 0 Å². The van der Waals surface area contributed by atoms with Crippen molar-refractivity contribution in [3.8, 4) is 0 Å². The summed E-state index contributed by atoms with van der Waals surface area (Å²) in [5.41, 5.74) is 0. The Morgan fingerprint density at radius 3 is 1.29 bits per heavy atom. The van der Waals surface area contributed by atoms with Crippen LogP contribution in [-0.4, -0.2) is 39.5 Å². The summed E-state index contributed by atoms with van der Waals surface area (Å²) in [4.78, 5) is 38.5. The fraction of sp³-hybridized carbons (Fsp3) is 0. The molecule has 0 N–H and O–H groups in total. The van der Waals surface area contributed by atoms with E-state index in [1.165, 1.54) is 0 Å². The minimum atomic E-state index is -1.07. The zero-order chi connectivity index (χ0) is 18.0. The minimum Gasteiger partial charge on any atom is -0.358 e. The Hall–Kier alpha value is -4.38. The van der Waals surface area contributed by atoms with Gasteiger partial charge in [0.05, 0.1) is 0 Å². The molecule has 2 aromatic heterocycles.